The van der Waals surface area contributed by atoms with E-state index >= 15 is 0 Å². The van der Waals surface area contributed by atoms with Gasteiger partial charge < -0.3 is 14.6 Å². The minimum Gasteiger partial charge on any atom is -0.493 e. The zero-order valence-electron chi connectivity index (χ0n) is 13.4. The summed E-state index contributed by atoms with van der Waals surface area (Å²) in [6.07, 6.45) is 2.42. The summed E-state index contributed by atoms with van der Waals surface area (Å²) in [4.78, 5) is 12.0. The van der Waals surface area contributed by atoms with Crippen LogP contribution in [0.4, 0.5) is 0 Å². The van der Waals surface area contributed by atoms with Crippen LogP contribution in [0, 0.1) is 0 Å². The lowest BCUT2D eigenvalue weighted by Gasteiger charge is -2.06. The molecular weight excluding hydrogens is 332 g/mol. The molecule has 0 fully saturated rings. The van der Waals surface area contributed by atoms with E-state index in [4.69, 9.17) is 9.26 Å². The van der Waals surface area contributed by atoms with Crippen molar-refractivity contribution < 1.29 is 22.5 Å². The van der Waals surface area contributed by atoms with E-state index in [1.165, 1.54) is 12.1 Å². The van der Waals surface area contributed by atoms with Crippen LogP contribution in [0.1, 0.15) is 17.5 Å². The van der Waals surface area contributed by atoms with Crippen molar-refractivity contribution in [1.82, 2.24) is 10.5 Å². The maximum absolute atomic E-state index is 12.0. The van der Waals surface area contributed by atoms with Gasteiger partial charge in [-0.3, -0.25) is 4.79 Å². The highest BCUT2D eigenvalue weighted by Gasteiger charge is 2.15. The summed E-state index contributed by atoms with van der Waals surface area (Å²) >= 11 is 0. The summed E-state index contributed by atoms with van der Waals surface area (Å²) in [7, 11) is -3.21. The van der Waals surface area contributed by atoms with E-state index in [2.05, 4.69) is 10.5 Å². The minimum atomic E-state index is -3.21. The van der Waals surface area contributed by atoms with Gasteiger partial charge in [0.2, 0.25) is 5.76 Å². The van der Waals surface area contributed by atoms with Crippen molar-refractivity contribution in [2.45, 2.75) is 6.92 Å². The third-order valence-electron chi connectivity index (χ3n) is 2.92. The molecule has 0 atom stereocenters. The van der Waals surface area contributed by atoms with Crippen LogP contribution in [0.3, 0.4) is 0 Å². The standard InChI is InChI=1S/C16H18N2O5S/c1-3-22-14-8-5-4-7-12(14)13-11-15(23-18-13)16(19)17-9-6-10-24(2,20)21/h4-8,10-11H,3,9H2,1-2H3,(H,17,19)/b10-6+. The normalized spacial score (nSPS) is 11.6. The van der Waals surface area contributed by atoms with Crippen LogP contribution in [0.25, 0.3) is 11.3 Å². The van der Waals surface area contributed by atoms with Crippen molar-refractivity contribution in [3.63, 3.8) is 0 Å². The second-order valence-electron chi connectivity index (χ2n) is 4.92. The van der Waals surface area contributed by atoms with E-state index in [1.54, 1.807) is 0 Å². The fraction of sp³-hybridized carbons (Fsp3) is 0.250. The highest BCUT2D eigenvalue weighted by molar-refractivity contribution is 7.93. The Morgan fingerprint density at radius 3 is 2.83 bits per heavy atom. The second-order valence-corrected chi connectivity index (χ2v) is 6.85. The quantitative estimate of drug-likeness (QED) is 0.820. The topological polar surface area (TPSA) is 98.5 Å². The molecule has 0 aliphatic rings. The fourth-order valence-corrected chi connectivity index (χ4v) is 2.38. The first-order valence-corrected chi connectivity index (χ1v) is 9.20. The van der Waals surface area contributed by atoms with Crippen molar-refractivity contribution in [3.05, 3.63) is 47.6 Å². The van der Waals surface area contributed by atoms with Crippen LogP contribution in [0.2, 0.25) is 0 Å². The Morgan fingerprint density at radius 2 is 2.12 bits per heavy atom. The largest absolute Gasteiger partial charge is 0.493 e. The predicted molar refractivity (Wildman–Crippen MR) is 89.4 cm³/mol. The third kappa shape index (κ3) is 4.95. The monoisotopic (exact) mass is 350 g/mol. The SMILES string of the molecule is CCOc1ccccc1-c1cc(C(=O)NC/C=C/S(C)(=O)=O)on1. The number of aromatic nitrogens is 1. The molecule has 2 aromatic rings. The molecule has 0 saturated heterocycles. The molecule has 0 bridgehead atoms. The molecule has 0 saturated carbocycles. The van der Waals surface area contributed by atoms with Crippen molar-refractivity contribution in [3.8, 4) is 17.0 Å². The summed E-state index contributed by atoms with van der Waals surface area (Å²) in [6.45, 7) is 2.45. The Bertz CT molecular complexity index is 840. The van der Waals surface area contributed by atoms with E-state index < -0.39 is 15.7 Å². The number of sulfone groups is 1. The number of carbonyl (C=O) groups is 1. The smallest absolute Gasteiger partial charge is 0.290 e. The summed E-state index contributed by atoms with van der Waals surface area (Å²) < 4.78 is 32.5. The summed E-state index contributed by atoms with van der Waals surface area (Å²) in [5, 5.41) is 7.43. The van der Waals surface area contributed by atoms with Crippen molar-refractivity contribution in [2.24, 2.45) is 0 Å². The predicted octanol–water partition coefficient (Wildman–Crippen LogP) is 2.03. The number of amides is 1. The van der Waals surface area contributed by atoms with Crippen molar-refractivity contribution in [2.75, 3.05) is 19.4 Å². The van der Waals surface area contributed by atoms with E-state index in [9.17, 15) is 13.2 Å². The van der Waals surface area contributed by atoms with Crippen LogP contribution in [-0.4, -0.2) is 38.9 Å². The molecule has 1 aromatic carbocycles. The number of carbonyl (C=O) groups excluding carboxylic acids is 1. The number of nitrogens with zero attached hydrogens (tertiary/aromatic N) is 1. The van der Waals surface area contributed by atoms with Gasteiger partial charge in [-0.2, -0.15) is 0 Å². The van der Waals surface area contributed by atoms with E-state index in [-0.39, 0.29) is 12.3 Å². The van der Waals surface area contributed by atoms with Crippen molar-refractivity contribution in [1.29, 1.82) is 0 Å². The first-order valence-electron chi connectivity index (χ1n) is 7.24. The third-order valence-corrected chi connectivity index (χ3v) is 3.61. The Kier molecular flexibility index (Phi) is 5.75. The highest BCUT2D eigenvalue weighted by Crippen LogP contribution is 2.29. The molecule has 1 heterocycles. The molecule has 1 N–H and O–H groups in total. The van der Waals surface area contributed by atoms with Gasteiger partial charge in [-0.25, -0.2) is 8.42 Å². The van der Waals surface area contributed by atoms with Gasteiger partial charge in [0.05, 0.1) is 6.61 Å². The van der Waals surface area contributed by atoms with Crippen LogP contribution < -0.4 is 10.1 Å². The first-order chi connectivity index (χ1) is 11.4. The Labute approximate surface area is 140 Å². The molecule has 0 aliphatic carbocycles. The van der Waals surface area contributed by atoms with Crippen LogP contribution in [0.5, 0.6) is 5.75 Å². The number of nitrogens with one attached hydrogen (secondary N) is 1. The first kappa shape index (κ1) is 17.7. The minimum absolute atomic E-state index is 0.0315. The highest BCUT2D eigenvalue weighted by atomic mass is 32.2. The van der Waals surface area contributed by atoms with Gasteiger partial charge >= 0.3 is 0 Å². The molecule has 128 valence electrons. The molecule has 1 amide bonds. The maximum atomic E-state index is 12.0. The zero-order valence-corrected chi connectivity index (χ0v) is 14.2. The number of ether oxygens (including phenoxy) is 1. The van der Waals surface area contributed by atoms with E-state index in [0.29, 0.717) is 18.1 Å². The molecule has 0 unspecified atom stereocenters. The summed E-state index contributed by atoms with van der Waals surface area (Å²) in [5.74, 6) is 0.196. The number of benzene rings is 1. The van der Waals surface area contributed by atoms with Gasteiger partial charge in [0.15, 0.2) is 9.84 Å². The molecule has 7 nitrogen and oxygen atoms in total. The molecule has 0 spiro atoms. The molecule has 8 heteroatoms. The second kappa shape index (κ2) is 7.78. The molecule has 24 heavy (non-hydrogen) atoms. The Morgan fingerprint density at radius 1 is 1.38 bits per heavy atom. The molecule has 2 rings (SSSR count). The van der Waals surface area contributed by atoms with E-state index in [0.717, 1.165) is 17.2 Å². The Balaban J connectivity index is 2.08. The van der Waals surface area contributed by atoms with Crippen molar-refractivity contribution >= 4 is 15.7 Å². The van der Waals surface area contributed by atoms with Gasteiger partial charge in [0.1, 0.15) is 11.4 Å². The van der Waals surface area contributed by atoms with E-state index in [1.807, 2.05) is 31.2 Å². The number of rotatable bonds is 7. The number of hydrogen-bond donors (Lipinski definition) is 1. The lowest BCUT2D eigenvalue weighted by atomic mass is 10.1. The zero-order chi connectivity index (χ0) is 17.6. The lowest BCUT2D eigenvalue weighted by Crippen LogP contribution is -2.22. The van der Waals surface area contributed by atoms with Crippen LogP contribution in [0.15, 0.2) is 46.3 Å². The fourth-order valence-electron chi connectivity index (χ4n) is 1.93. The maximum Gasteiger partial charge on any atom is 0.290 e. The average molecular weight is 350 g/mol. The van der Waals surface area contributed by atoms with Gasteiger partial charge in [0, 0.05) is 29.8 Å². The molecule has 1 aromatic heterocycles. The lowest BCUT2D eigenvalue weighted by molar-refractivity contribution is 0.0921. The average Bonchev–Trinajstić information content (AvgIpc) is 3.01. The number of hydrogen-bond acceptors (Lipinski definition) is 6. The van der Waals surface area contributed by atoms with Crippen LogP contribution in [-0.2, 0) is 9.84 Å². The van der Waals surface area contributed by atoms with Gasteiger partial charge in [0.25, 0.3) is 5.91 Å². The molecule has 0 aliphatic heterocycles. The van der Waals surface area contributed by atoms with Gasteiger partial charge in [-0.05, 0) is 19.1 Å². The van der Waals surface area contributed by atoms with Crippen LogP contribution >= 0.6 is 0 Å². The Hall–Kier alpha value is -2.61. The number of para-hydroxylation sites is 1. The van der Waals surface area contributed by atoms with Gasteiger partial charge in [-0.1, -0.05) is 23.4 Å². The molecular formula is C16H18N2O5S. The summed E-state index contributed by atoms with van der Waals surface area (Å²) in [6, 6.07) is 8.81. The molecule has 0 radical (unpaired) electrons. The summed E-state index contributed by atoms with van der Waals surface area (Å²) in [5.41, 5.74) is 1.20. The van der Waals surface area contributed by atoms with Gasteiger partial charge in [-0.15, -0.1) is 0 Å².